The topological polar surface area (TPSA) is 57.2 Å². The first-order valence-electron chi connectivity index (χ1n) is 9.07. The number of allylic oxidation sites excluding steroid dienone is 1. The van der Waals surface area contributed by atoms with Crippen LogP contribution >= 0.6 is 0 Å². The van der Waals surface area contributed by atoms with Crippen LogP contribution in [0.5, 0.6) is 0 Å². The van der Waals surface area contributed by atoms with Gasteiger partial charge >= 0.3 is 0 Å². The van der Waals surface area contributed by atoms with Crippen molar-refractivity contribution in [3.8, 4) is 0 Å². The van der Waals surface area contributed by atoms with Crippen LogP contribution < -0.4 is 5.32 Å². The van der Waals surface area contributed by atoms with E-state index in [0.29, 0.717) is 13.2 Å². The summed E-state index contributed by atoms with van der Waals surface area (Å²) in [6.45, 7) is 8.91. The van der Waals surface area contributed by atoms with Gasteiger partial charge in [-0.3, -0.25) is 4.79 Å². The number of amidine groups is 1. The molecule has 0 aromatic rings. The quantitative estimate of drug-likeness (QED) is 0.736. The van der Waals surface area contributed by atoms with E-state index < -0.39 is 0 Å². The molecule has 0 saturated heterocycles. The zero-order chi connectivity index (χ0) is 17.7. The Morgan fingerprint density at radius 3 is 2.92 bits per heavy atom. The molecule has 4 aliphatic rings. The average molecular weight is 342 g/mol. The summed E-state index contributed by atoms with van der Waals surface area (Å²) in [4.78, 5) is 20.6. The summed E-state index contributed by atoms with van der Waals surface area (Å²) in [6, 6.07) is 0.278. The molecule has 0 spiro atoms. The third kappa shape index (κ3) is 2.46. The van der Waals surface area contributed by atoms with Gasteiger partial charge in [-0.25, -0.2) is 4.99 Å². The maximum absolute atomic E-state index is 11.6. The number of rotatable bonds is 1. The highest BCUT2D eigenvalue weighted by Crippen LogP contribution is 2.47. The fourth-order valence-corrected chi connectivity index (χ4v) is 4.24. The van der Waals surface area contributed by atoms with Gasteiger partial charge in [-0.05, 0) is 25.8 Å². The third-order valence-corrected chi connectivity index (χ3v) is 5.87. The van der Waals surface area contributed by atoms with Gasteiger partial charge in [-0.2, -0.15) is 0 Å². The van der Waals surface area contributed by atoms with Crippen molar-refractivity contribution in [1.29, 1.82) is 0 Å². The molecule has 3 heterocycles. The van der Waals surface area contributed by atoms with E-state index in [2.05, 4.69) is 37.2 Å². The van der Waals surface area contributed by atoms with E-state index in [1.165, 1.54) is 11.1 Å². The highest BCUT2D eigenvalue weighted by molar-refractivity contribution is 5.84. The van der Waals surface area contributed by atoms with Gasteiger partial charge in [0, 0.05) is 33.6 Å². The number of hydrogen-bond acceptors (Lipinski definition) is 5. The van der Waals surface area contributed by atoms with Crippen LogP contribution in [-0.4, -0.2) is 60.9 Å². The number of nitrogens with zero attached hydrogens (tertiary/aromatic N) is 3. The van der Waals surface area contributed by atoms with Crippen molar-refractivity contribution in [2.45, 2.75) is 33.2 Å². The Morgan fingerprint density at radius 1 is 1.44 bits per heavy atom. The second kappa shape index (κ2) is 5.93. The summed E-state index contributed by atoms with van der Waals surface area (Å²) in [6.07, 6.45) is 3.10. The molecule has 6 nitrogen and oxygen atoms in total. The molecule has 1 aliphatic carbocycles. The van der Waals surface area contributed by atoms with Crippen LogP contribution in [0.15, 0.2) is 39.4 Å². The summed E-state index contributed by atoms with van der Waals surface area (Å²) in [5, 5.41) is 3.51. The first-order valence-corrected chi connectivity index (χ1v) is 9.07. The highest BCUT2D eigenvalue weighted by Gasteiger charge is 2.44. The molecule has 4 rings (SSSR count). The number of carbonyl (C=O) groups excluding carboxylic acids is 1. The van der Waals surface area contributed by atoms with Crippen LogP contribution in [0.4, 0.5) is 0 Å². The average Bonchev–Trinajstić information content (AvgIpc) is 2.94. The van der Waals surface area contributed by atoms with E-state index in [1.807, 2.05) is 4.90 Å². The second-order valence-electron chi connectivity index (χ2n) is 7.19. The van der Waals surface area contributed by atoms with Crippen molar-refractivity contribution >= 4 is 11.7 Å². The molecule has 0 fully saturated rings. The number of hydrogen-bond donors (Lipinski definition) is 1. The number of nitrogens with one attached hydrogen (secondary N) is 1. The molecule has 0 aromatic heterocycles. The molecule has 2 atom stereocenters. The molecule has 0 bridgehead atoms. The van der Waals surface area contributed by atoms with Crippen molar-refractivity contribution < 1.29 is 9.53 Å². The lowest BCUT2D eigenvalue weighted by atomic mass is 9.84. The number of amides is 1. The lowest BCUT2D eigenvalue weighted by Crippen LogP contribution is -2.40. The van der Waals surface area contributed by atoms with E-state index in [9.17, 15) is 4.79 Å². The normalized spacial score (nSPS) is 28.8. The lowest BCUT2D eigenvalue weighted by Gasteiger charge is -2.36. The molecule has 0 saturated carbocycles. The number of carbonyl (C=O) groups is 1. The van der Waals surface area contributed by atoms with E-state index in [0.717, 1.165) is 42.5 Å². The number of ether oxygens (including phenoxy) is 1. The minimum atomic E-state index is 0.142. The van der Waals surface area contributed by atoms with Crippen LogP contribution in [0.1, 0.15) is 27.2 Å². The Labute approximate surface area is 148 Å². The van der Waals surface area contributed by atoms with Gasteiger partial charge in [0.1, 0.15) is 18.2 Å². The van der Waals surface area contributed by atoms with Crippen molar-refractivity contribution in [2.75, 3.05) is 33.3 Å². The maximum Gasteiger partial charge on any atom is 0.219 e. The van der Waals surface area contributed by atoms with Crippen molar-refractivity contribution in [3.05, 3.63) is 34.4 Å². The Hall–Kier alpha value is -2.24. The molecule has 3 aliphatic heterocycles. The lowest BCUT2D eigenvalue weighted by molar-refractivity contribution is -0.128. The molecule has 1 N–H and O–H groups in total. The summed E-state index contributed by atoms with van der Waals surface area (Å²) in [5.41, 5.74) is 4.82. The Kier molecular flexibility index (Phi) is 3.85. The first-order chi connectivity index (χ1) is 12.0. The Morgan fingerprint density at radius 2 is 2.24 bits per heavy atom. The predicted molar refractivity (Wildman–Crippen MR) is 96.8 cm³/mol. The zero-order valence-electron chi connectivity index (χ0n) is 15.4. The summed E-state index contributed by atoms with van der Waals surface area (Å²) in [5.74, 6) is 2.35. The van der Waals surface area contributed by atoms with Crippen LogP contribution in [0.2, 0.25) is 0 Å². The molecule has 25 heavy (non-hydrogen) atoms. The van der Waals surface area contributed by atoms with E-state index in [1.54, 1.807) is 6.92 Å². The van der Waals surface area contributed by atoms with Gasteiger partial charge in [0.2, 0.25) is 5.91 Å². The third-order valence-electron chi connectivity index (χ3n) is 5.87. The predicted octanol–water partition coefficient (Wildman–Crippen LogP) is 1.63. The van der Waals surface area contributed by atoms with E-state index in [4.69, 9.17) is 9.73 Å². The molecule has 0 aromatic carbocycles. The van der Waals surface area contributed by atoms with Crippen molar-refractivity contribution in [2.24, 2.45) is 10.9 Å². The molecular formula is C19H26N4O2. The van der Waals surface area contributed by atoms with Crippen LogP contribution in [0.25, 0.3) is 0 Å². The zero-order valence-corrected chi connectivity index (χ0v) is 15.4. The summed E-state index contributed by atoms with van der Waals surface area (Å²) < 4.78 is 6.12. The summed E-state index contributed by atoms with van der Waals surface area (Å²) >= 11 is 0. The number of aliphatic imine (C=N–C) groups is 1. The molecular weight excluding hydrogens is 316 g/mol. The fourth-order valence-electron chi connectivity index (χ4n) is 4.24. The Bertz CT molecular complexity index is 747. The van der Waals surface area contributed by atoms with Crippen LogP contribution in [-0.2, 0) is 9.53 Å². The first kappa shape index (κ1) is 16.2. The van der Waals surface area contributed by atoms with Crippen molar-refractivity contribution in [1.82, 2.24) is 15.1 Å². The minimum Gasteiger partial charge on any atom is -0.493 e. The van der Waals surface area contributed by atoms with Crippen LogP contribution in [0, 0.1) is 5.92 Å². The molecule has 1 amide bonds. The Balaban J connectivity index is 1.76. The van der Waals surface area contributed by atoms with E-state index >= 15 is 0 Å². The largest absolute Gasteiger partial charge is 0.493 e. The monoisotopic (exact) mass is 342 g/mol. The minimum absolute atomic E-state index is 0.142. The van der Waals surface area contributed by atoms with E-state index in [-0.39, 0.29) is 17.9 Å². The van der Waals surface area contributed by atoms with Gasteiger partial charge < -0.3 is 19.9 Å². The van der Waals surface area contributed by atoms with Gasteiger partial charge in [0.05, 0.1) is 23.4 Å². The van der Waals surface area contributed by atoms with Crippen LogP contribution in [0.3, 0.4) is 0 Å². The molecule has 6 heteroatoms. The smallest absolute Gasteiger partial charge is 0.219 e. The number of likely N-dealkylation sites (N-methyl/N-ethyl adjacent to an activating group) is 1. The summed E-state index contributed by atoms with van der Waals surface area (Å²) in [7, 11) is 2.10. The standard InChI is InChI=1S/C19H26N4O2/c1-11-15-16(14-5-8-23(9-6-14)13(3)24)19-18(20-7-10-25-19)17(15)21-12(2)22(11)4/h5,11,16,20H,6-10H2,1-4H3/t11-,16?/m0/s1. The fraction of sp³-hybridized carbons (Fsp3) is 0.579. The van der Waals surface area contributed by atoms with Crippen molar-refractivity contribution in [3.63, 3.8) is 0 Å². The second-order valence-corrected chi connectivity index (χ2v) is 7.19. The van der Waals surface area contributed by atoms with Gasteiger partial charge in [-0.1, -0.05) is 11.6 Å². The SMILES string of the molecule is CC(=O)N1CC=C(C2C3=C(NCCO3)C3=C2[C@H](C)N(C)C(C)=N3)CC1. The maximum atomic E-state index is 11.6. The molecule has 0 radical (unpaired) electrons. The number of fused-ring (bicyclic) bond motifs is 1. The molecule has 1 unspecified atom stereocenters. The van der Waals surface area contributed by atoms with Gasteiger partial charge in [-0.15, -0.1) is 0 Å². The van der Waals surface area contributed by atoms with Gasteiger partial charge in [0.25, 0.3) is 0 Å². The molecule has 134 valence electrons. The van der Waals surface area contributed by atoms with Gasteiger partial charge in [0.15, 0.2) is 0 Å². The highest BCUT2D eigenvalue weighted by atomic mass is 16.5.